The summed E-state index contributed by atoms with van der Waals surface area (Å²) in [5.41, 5.74) is 0.596. The third-order valence-corrected chi connectivity index (χ3v) is 9.33. The average molecular weight is 764 g/mol. The van der Waals surface area contributed by atoms with Crippen LogP contribution < -0.4 is 26.2 Å². The van der Waals surface area contributed by atoms with Gasteiger partial charge in [0.15, 0.2) is 29.9 Å². The maximum absolute atomic E-state index is 14.3. The molecular weight excluding hydrogens is 718 g/mol. The van der Waals surface area contributed by atoms with Crippen LogP contribution in [0.5, 0.6) is 5.75 Å². The lowest BCUT2D eigenvalue weighted by molar-refractivity contribution is -0.116. The number of aromatic amines is 1. The predicted molar refractivity (Wildman–Crippen MR) is 203 cm³/mol. The first-order valence-corrected chi connectivity index (χ1v) is 18.6. The van der Waals surface area contributed by atoms with Gasteiger partial charge >= 0.3 is 0 Å². The molecule has 0 bridgehead atoms. The lowest BCUT2D eigenvalue weighted by Crippen LogP contribution is -2.20. The lowest BCUT2D eigenvalue weighted by Gasteiger charge is -2.13. The van der Waals surface area contributed by atoms with Gasteiger partial charge in [-0.15, -0.1) is 12.6 Å². The molecule has 282 valence electrons. The largest absolute Gasteiger partial charge is 0.467 e. The van der Waals surface area contributed by atoms with E-state index in [-0.39, 0.29) is 17.4 Å². The van der Waals surface area contributed by atoms with Gasteiger partial charge in [0, 0.05) is 12.1 Å². The zero-order chi connectivity index (χ0) is 37.5. The Balaban J connectivity index is 1.32. The van der Waals surface area contributed by atoms with E-state index in [0.717, 1.165) is 19.3 Å². The maximum Gasteiger partial charge on any atom is 0.296 e. The van der Waals surface area contributed by atoms with Crippen molar-refractivity contribution in [2.45, 2.75) is 102 Å². The molecule has 8 nitrogen and oxygen atoms in total. The summed E-state index contributed by atoms with van der Waals surface area (Å²) >= 11 is 9.74. The number of aromatic nitrogens is 2. The minimum atomic E-state index is -1.77. The number of anilines is 4. The molecule has 3 aromatic carbocycles. The molecule has 1 heterocycles. The Kier molecular flexibility index (Phi) is 16.3. The zero-order valence-electron chi connectivity index (χ0n) is 29.2. The normalized spacial score (nSPS) is 11.1. The Morgan fingerprint density at radius 2 is 1.37 bits per heavy atom. The van der Waals surface area contributed by atoms with Crippen molar-refractivity contribution in [1.82, 2.24) is 9.78 Å². The molecular formula is C38H46ClF4N5O3S. The number of halogens is 5. The van der Waals surface area contributed by atoms with Gasteiger partial charge in [-0.25, -0.2) is 13.5 Å². The fourth-order valence-corrected chi connectivity index (χ4v) is 6.08. The molecule has 0 spiro atoms. The molecule has 52 heavy (non-hydrogen) atoms. The van der Waals surface area contributed by atoms with Crippen LogP contribution >= 0.6 is 24.2 Å². The van der Waals surface area contributed by atoms with Crippen molar-refractivity contribution < 1.29 is 27.1 Å². The molecule has 4 aromatic rings. The number of thiol groups is 1. The monoisotopic (exact) mass is 763 g/mol. The molecule has 0 saturated heterocycles. The highest BCUT2D eigenvalue weighted by Gasteiger charge is 2.25. The van der Waals surface area contributed by atoms with E-state index in [9.17, 15) is 27.2 Å². The first-order valence-electron chi connectivity index (χ1n) is 17.8. The van der Waals surface area contributed by atoms with Gasteiger partial charge in [0.25, 0.3) is 5.56 Å². The predicted octanol–water partition coefficient (Wildman–Crippen LogP) is 11.3. The van der Waals surface area contributed by atoms with Crippen LogP contribution in [0, 0.1) is 23.3 Å². The van der Waals surface area contributed by atoms with Crippen LogP contribution in [0.2, 0.25) is 5.02 Å². The van der Waals surface area contributed by atoms with Crippen LogP contribution in [0.15, 0.2) is 58.2 Å². The number of nitrogens with one attached hydrogen (secondary N) is 4. The topological polar surface area (TPSA) is 100 Å². The summed E-state index contributed by atoms with van der Waals surface area (Å²) < 4.78 is 62.8. The number of carbonyl (C=O) groups excluding carboxylic acids is 1. The van der Waals surface area contributed by atoms with Gasteiger partial charge in [-0.2, -0.15) is 8.78 Å². The Morgan fingerprint density at radius 1 is 0.808 bits per heavy atom. The quantitative estimate of drug-likeness (QED) is 0.0180. The van der Waals surface area contributed by atoms with Crippen molar-refractivity contribution in [3.8, 4) is 11.4 Å². The number of amides is 1. The Hall–Kier alpha value is -4.10. The smallest absolute Gasteiger partial charge is 0.296 e. The number of hydrogen-bond acceptors (Lipinski definition) is 6. The highest BCUT2D eigenvalue weighted by Crippen LogP contribution is 2.32. The van der Waals surface area contributed by atoms with E-state index < -0.39 is 46.2 Å². The molecule has 0 fully saturated rings. The summed E-state index contributed by atoms with van der Waals surface area (Å²) in [6.45, 7) is 1.48. The van der Waals surface area contributed by atoms with E-state index in [0.29, 0.717) is 28.5 Å². The molecule has 1 aromatic heterocycles. The lowest BCUT2D eigenvalue weighted by atomic mass is 10.0. The van der Waals surface area contributed by atoms with E-state index in [1.165, 1.54) is 68.9 Å². The average Bonchev–Trinajstić information content (AvgIpc) is 3.45. The van der Waals surface area contributed by atoms with Crippen LogP contribution in [0.3, 0.4) is 0 Å². The van der Waals surface area contributed by atoms with Gasteiger partial charge in [0.2, 0.25) is 17.5 Å². The molecule has 4 rings (SSSR count). The Bertz CT molecular complexity index is 1790. The Labute approximate surface area is 312 Å². The SMILES string of the molecule is CCCCCCCCCCCCCCCC(=O)Nc1ccc(-n2[nH]c(Nc3ccccc3Cl)c(NCOc3c(F)c(F)c(S)c(F)c3F)c2=O)cc1. The highest BCUT2D eigenvalue weighted by molar-refractivity contribution is 7.80. The molecule has 14 heteroatoms. The molecule has 1 amide bonds. The van der Waals surface area contributed by atoms with E-state index in [4.69, 9.17) is 16.3 Å². The molecule has 0 saturated carbocycles. The van der Waals surface area contributed by atoms with Crippen molar-refractivity contribution in [2.75, 3.05) is 22.7 Å². The number of unbranched alkanes of at least 4 members (excludes halogenated alkanes) is 12. The summed E-state index contributed by atoms with van der Waals surface area (Å²) in [6, 6.07) is 13.3. The number of ether oxygens (including phenoxy) is 1. The van der Waals surface area contributed by atoms with Gasteiger partial charge < -0.3 is 20.7 Å². The molecule has 4 N–H and O–H groups in total. The number of H-pyrrole nitrogens is 1. The number of nitrogens with zero attached hydrogens (tertiary/aromatic N) is 1. The van der Waals surface area contributed by atoms with Gasteiger partial charge in [-0.05, 0) is 42.8 Å². The first kappa shape index (κ1) is 40.7. The van der Waals surface area contributed by atoms with E-state index in [2.05, 4.69) is 40.6 Å². The first-order chi connectivity index (χ1) is 25.1. The van der Waals surface area contributed by atoms with Crippen LogP contribution in [-0.4, -0.2) is 22.4 Å². The number of benzene rings is 3. The second-order valence-electron chi connectivity index (χ2n) is 12.6. The third kappa shape index (κ3) is 11.4. The standard InChI is InChI=1S/C38H46ClF4N5O3S/c1-2-3-4-5-6-7-8-9-10-11-12-13-14-19-29(49)45-25-20-22-26(23-21-25)48-38(50)34(37(47-48)46-28-18-16-15-17-27(28)39)44-24-51-35-30(40)32(42)36(52)33(43)31(35)41/h15-18,20-23,44,46-47,52H,2-14,19,24H2,1H3,(H,45,49). The molecule has 0 aliphatic carbocycles. The highest BCUT2D eigenvalue weighted by atomic mass is 35.5. The number of para-hydroxylation sites is 1. The van der Waals surface area contributed by atoms with Crippen LogP contribution in [0.4, 0.5) is 40.4 Å². The summed E-state index contributed by atoms with van der Waals surface area (Å²) in [7, 11) is 0. The molecule has 0 unspecified atom stereocenters. The van der Waals surface area contributed by atoms with E-state index in [1.54, 1.807) is 48.5 Å². The summed E-state index contributed by atoms with van der Waals surface area (Å²) in [5, 5.41) is 11.7. The minimum absolute atomic E-state index is 0.0952. The number of hydrogen-bond donors (Lipinski definition) is 5. The molecule has 0 aliphatic rings. The van der Waals surface area contributed by atoms with Crippen LogP contribution in [0.1, 0.15) is 96.8 Å². The number of carbonyl (C=O) groups is 1. The fourth-order valence-electron chi connectivity index (χ4n) is 5.70. The zero-order valence-corrected chi connectivity index (χ0v) is 30.9. The van der Waals surface area contributed by atoms with Gasteiger partial charge in [-0.1, -0.05) is 108 Å². The Morgan fingerprint density at radius 3 is 1.94 bits per heavy atom. The van der Waals surface area contributed by atoms with Gasteiger partial charge in [0.1, 0.15) is 5.69 Å². The molecule has 0 radical (unpaired) electrons. The number of rotatable bonds is 22. The van der Waals surface area contributed by atoms with Crippen molar-refractivity contribution >= 4 is 53.0 Å². The van der Waals surface area contributed by atoms with E-state index in [1.807, 2.05) is 0 Å². The summed E-state index contributed by atoms with van der Waals surface area (Å²) in [5.74, 6) is -8.30. The third-order valence-electron chi connectivity index (χ3n) is 8.61. The fraction of sp³-hybridized carbons (Fsp3) is 0.421. The van der Waals surface area contributed by atoms with Crippen molar-refractivity contribution in [1.29, 1.82) is 0 Å². The van der Waals surface area contributed by atoms with Crippen molar-refractivity contribution in [3.05, 3.63) is 87.2 Å². The summed E-state index contributed by atoms with van der Waals surface area (Å²) in [6.07, 6.45) is 16.4. The second kappa shape index (κ2) is 20.8. The minimum Gasteiger partial charge on any atom is -0.467 e. The summed E-state index contributed by atoms with van der Waals surface area (Å²) in [4.78, 5) is 25.0. The van der Waals surface area contributed by atoms with Gasteiger partial charge in [0.05, 0.1) is 21.3 Å². The van der Waals surface area contributed by atoms with Crippen LogP contribution in [0.25, 0.3) is 5.69 Å². The molecule has 0 atom stereocenters. The second-order valence-corrected chi connectivity index (χ2v) is 13.4. The maximum atomic E-state index is 14.3. The van der Waals surface area contributed by atoms with E-state index >= 15 is 0 Å². The van der Waals surface area contributed by atoms with Crippen molar-refractivity contribution in [2.24, 2.45) is 0 Å². The van der Waals surface area contributed by atoms with Crippen molar-refractivity contribution in [3.63, 3.8) is 0 Å². The van der Waals surface area contributed by atoms with Crippen LogP contribution in [-0.2, 0) is 4.79 Å². The van der Waals surface area contributed by atoms with Gasteiger partial charge in [-0.3, -0.25) is 14.7 Å². The molecule has 0 aliphatic heterocycles.